The highest BCUT2D eigenvalue weighted by Crippen LogP contribution is 2.32. The first kappa shape index (κ1) is 11.6. The minimum atomic E-state index is 0.399. The molecule has 1 saturated heterocycles. The van der Waals surface area contributed by atoms with Crippen molar-refractivity contribution in [2.24, 2.45) is 0 Å². The number of nitrogen functional groups attached to an aromatic ring is 1. The van der Waals surface area contributed by atoms with E-state index in [1.807, 2.05) is 12.3 Å². The highest BCUT2D eigenvalue weighted by Gasteiger charge is 2.23. The molecule has 16 heavy (non-hydrogen) atoms. The van der Waals surface area contributed by atoms with Gasteiger partial charge in [0.25, 0.3) is 0 Å². The SMILES string of the molecule is CC1(C)CCN(c2ccc(N)nc2)CCS1. The van der Waals surface area contributed by atoms with Gasteiger partial charge in [0.15, 0.2) is 0 Å². The van der Waals surface area contributed by atoms with Gasteiger partial charge in [0, 0.05) is 23.6 Å². The molecule has 0 bridgehead atoms. The second-order valence-corrected chi connectivity index (χ2v) is 6.59. The molecule has 0 unspecified atom stereocenters. The van der Waals surface area contributed by atoms with Crippen LogP contribution in [-0.2, 0) is 0 Å². The third kappa shape index (κ3) is 2.82. The molecule has 0 amide bonds. The fourth-order valence-electron chi connectivity index (χ4n) is 1.86. The summed E-state index contributed by atoms with van der Waals surface area (Å²) in [5.41, 5.74) is 6.78. The van der Waals surface area contributed by atoms with E-state index < -0.39 is 0 Å². The molecule has 2 heterocycles. The lowest BCUT2D eigenvalue weighted by atomic mass is 10.1. The minimum Gasteiger partial charge on any atom is -0.384 e. The van der Waals surface area contributed by atoms with Crippen LogP contribution in [0.4, 0.5) is 11.5 Å². The molecule has 1 aromatic rings. The van der Waals surface area contributed by atoms with Crippen LogP contribution in [0.3, 0.4) is 0 Å². The number of hydrogen-bond acceptors (Lipinski definition) is 4. The molecule has 0 saturated carbocycles. The first-order chi connectivity index (χ1) is 7.57. The summed E-state index contributed by atoms with van der Waals surface area (Å²) < 4.78 is 0.399. The van der Waals surface area contributed by atoms with E-state index >= 15 is 0 Å². The topological polar surface area (TPSA) is 42.1 Å². The Bertz CT molecular complexity index is 348. The average Bonchev–Trinajstić information content (AvgIpc) is 2.41. The van der Waals surface area contributed by atoms with Gasteiger partial charge in [-0.25, -0.2) is 4.98 Å². The van der Waals surface area contributed by atoms with Gasteiger partial charge in [-0.3, -0.25) is 0 Å². The first-order valence-electron chi connectivity index (χ1n) is 5.67. The third-order valence-corrected chi connectivity index (χ3v) is 4.35. The molecule has 0 aliphatic carbocycles. The number of rotatable bonds is 1. The van der Waals surface area contributed by atoms with Gasteiger partial charge in [-0.1, -0.05) is 13.8 Å². The van der Waals surface area contributed by atoms with Crippen molar-refractivity contribution in [1.82, 2.24) is 4.98 Å². The Balaban J connectivity index is 2.08. The molecule has 1 aliphatic rings. The van der Waals surface area contributed by atoms with Crippen molar-refractivity contribution in [3.8, 4) is 0 Å². The van der Waals surface area contributed by atoms with Crippen LogP contribution in [0.5, 0.6) is 0 Å². The van der Waals surface area contributed by atoms with Gasteiger partial charge in [-0.2, -0.15) is 11.8 Å². The quantitative estimate of drug-likeness (QED) is 0.814. The van der Waals surface area contributed by atoms with E-state index in [-0.39, 0.29) is 0 Å². The summed E-state index contributed by atoms with van der Waals surface area (Å²) in [6.07, 6.45) is 3.08. The summed E-state index contributed by atoms with van der Waals surface area (Å²) in [7, 11) is 0. The van der Waals surface area contributed by atoms with E-state index in [4.69, 9.17) is 5.73 Å². The summed E-state index contributed by atoms with van der Waals surface area (Å²) in [6, 6.07) is 3.93. The van der Waals surface area contributed by atoms with Crippen LogP contribution < -0.4 is 10.6 Å². The molecule has 2 rings (SSSR count). The van der Waals surface area contributed by atoms with Gasteiger partial charge in [-0.15, -0.1) is 0 Å². The minimum absolute atomic E-state index is 0.399. The molecule has 1 aromatic heterocycles. The highest BCUT2D eigenvalue weighted by atomic mass is 32.2. The number of pyridine rings is 1. The molecular weight excluding hydrogens is 218 g/mol. The fourth-order valence-corrected chi connectivity index (χ4v) is 2.96. The zero-order valence-electron chi connectivity index (χ0n) is 9.94. The van der Waals surface area contributed by atoms with E-state index in [1.165, 1.54) is 17.9 Å². The molecule has 0 atom stereocenters. The Morgan fingerprint density at radius 2 is 2.19 bits per heavy atom. The summed E-state index contributed by atoms with van der Waals surface area (Å²) in [5, 5.41) is 0. The van der Waals surface area contributed by atoms with Gasteiger partial charge in [0.1, 0.15) is 5.82 Å². The Morgan fingerprint density at radius 3 is 2.88 bits per heavy atom. The molecule has 0 spiro atoms. The third-order valence-electron chi connectivity index (χ3n) is 2.97. The maximum Gasteiger partial charge on any atom is 0.123 e. The highest BCUT2D eigenvalue weighted by molar-refractivity contribution is 8.00. The van der Waals surface area contributed by atoms with E-state index in [1.54, 1.807) is 0 Å². The van der Waals surface area contributed by atoms with Crippen LogP contribution in [-0.4, -0.2) is 28.6 Å². The lowest BCUT2D eigenvalue weighted by molar-refractivity contribution is 0.637. The van der Waals surface area contributed by atoms with E-state index in [9.17, 15) is 0 Å². The second-order valence-electron chi connectivity index (χ2n) is 4.79. The van der Waals surface area contributed by atoms with Crippen LogP contribution in [0.1, 0.15) is 20.3 Å². The molecule has 0 aromatic carbocycles. The number of hydrogen-bond donors (Lipinski definition) is 1. The predicted molar refractivity (Wildman–Crippen MR) is 72.0 cm³/mol. The van der Waals surface area contributed by atoms with Crippen molar-refractivity contribution in [3.05, 3.63) is 18.3 Å². The standard InChI is InChI=1S/C12H19N3S/c1-12(2)5-6-15(7-8-16-12)10-3-4-11(13)14-9-10/h3-4,9H,5-8H2,1-2H3,(H2,13,14). The van der Waals surface area contributed by atoms with Gasteiger partial charge < -0.3 is 10.6 Å². The Kier molecular flexibility index (Phi) is 3.28. The van der Waals surface area contributed by atoms with E-state index in [0.29, 0.717) is 10.6 Å². The Labute approximate surface area is 101 Å². The molecule has 1 aliphatic heterocycles. The summed E-state index contributed by atoms with van der Waals surface area (Å²) in [4.78, 5) is 6.55. The second kappa shape index (κ2) is 4.53. The zero-order chi connectivity index (χ0) is 11.6. The predicted octanol–water partition coefficient (Wildman–Crippen LogP) is 2.39. The smallest absolute Gasteiger partial charge is 0.123 e. The number of thioether (sulfide) groups is 1. The molecular formula is C12H19N3S. The van der Waals surface area contributed by atoms with Crippen LogP contribution in [0.25, 0.3) is 0 Å². The summed E-state index contributed by atoms with van der Waals surface area (Å²) >= 11 is 2.06. The monoisotopic (exact) mass is 237 g/mol. The summed E-state index contributed by atoms with van der Waals surface area (Å²) in [5.74, 6) is 1.77. The lowest BCUT2D eigenvalue weighted by Gasteiger charge is -2.23. The Hall–Kier alpha value is -0.900. The molecule has 0 radical (unpaired) electrons. The number of nitrogens with two attached hydrogens (primary N) is 1. The van der Waals surface area contributed by atoms with Gasteiger partial charge in [0.2, 0.25) is 0 Å². The van der Waals surface area contributed by atoms with Crippen molar-refractivity contribution in [2.45, 2.75) is 25.0 Å². The largest absolute Gasteiger partial charge is 0.384 e. The molecule has 4 heteroatoms. The van der Waals surface area contributed by atoms with Gasteiger partial charge >= 0.3 is 0 Å². The normalized spacial score (nSPS) is 20.5. The molecule has 1 fully saturated rings. The van der Waals surface area contributed by atoms with Crippen molar-refractivity contribution in [3.63, 3.8) is 0 Å². The van der Waals surface area contributed by atoms with E-state index in [2.05, 4.69) is 41.6 Å². The van der Waals surface area contributed by atoms with Gasteiger partial charge in [0.05, 0.1) is 11.9 Å². The lowest BCUT2D eigenvalue weighted by Crippen LogP contribution is -2.26. The Morgan fingerprint density at radius 1 is 1.38 bits per heavy atom. The van der Waals surface area contributed by atoms with Crippen molar-refractivity contribution >= 4 is 23.3 Å². The zero-order valence-corrected chi connectivity index (χ0v) is 10.8. The molecule has 88 valence electrons. The maximum absolute atomic E-state index is 5.60. The number of nitrogens with zero attached hydrogens (tertiary/aromatic N) is 2. The van der Waals surface area contributed by atoms with Crippen molar-refractivity contribution in [2.75, 3.05) is 29.5 Å². The van der Waals surface area contributed by atoms with Crippen molar-refractivity contribution in [1.29, 1.82) is 0 Å². The van der Waals surface area contributed by atoms with Gasteiger partial charge in [-0.05, 0) is 18.6 Å². The number of aromatic nitrogens is 1. The van der Waals surface area contributed by atoms with Crippen molar-refractivity contribution < 1.29 is 0 Å². The average molecular weight is 237 g/mol. The first-order valence-corrected chi connectivity index (χ1v) is 6.66. The van der Waals surface area contributed by atoms with Crippen LogP contribution in [0, 0.1) is 0 Å². The fraction of sp³-hybridized carbons (Fsp3) is 0.583. The van der Waals surface area contributed by atoms with E-state index in [0.717, 1.165) is 13.1 Å². The maximum atomic E-state index is 5.60. The molecule has 3 nitrogen and oxygen atoms in total. The van der Waals surface area contributed by atoms with Crippen LogP contribution in [0.2, 0.25) is 0 Å². The molecule has 2 N–H and O–H groups in total. The van der Waals surface area contributed by atoms with Crippen LogP contribution >= 0.6 is 11.8 Å². The summed E-state index contributed by atoms with van der Waals surface area (Å²) in [6.45, 7) is 6.84. The van der Waals surface area contributed by atoms with Crippen LogP contribution in [0.15, 0.2) is 18.3 Å². The number of anilines is 2.